The highest BCUT2D eigenvalue weighted by Gasteiger charge is 2.67. The average molecular weight is 586 g/mol. The van der Waals surface area contributed by atoms with Gasteiger partial charge in [-0.2, -0.15) is 0 Å². The fraction of sp³-hybridized carbons (Fsp3) is 0.391. The van der Waals surface area contributed by atoms with Gasteiger partial charge in [-0.15, -0.1) is 23.2 Å². The van der Waals surface area contributed by atoms with Crippen molar-refractivity contribution in [1.29, 1.82) is 0 Å². The van der Waals surface area contributed by atoms with Crippen molar-refractivity contribution in [2.75, 3.05) is 17.3 Å². The number of halogens is 5. The lowest BCUT2D eigenvalue weighted by Crippen LogP contribution is -2.26. The van der Waals surface area contributed by atoms with Gasteiger partial charge in [-0.25, -0.2) is 8.42 Å². The molecule has 0 aromatic heterocycles. The summed E-state index contributed by atoms with van der Waals surface area (Å²) < 4.78 is 22.0. The fourth-order valence-corrected chi connectivity index (χ4v) is 7.27. The first-order valence-electron chi connectivity index (χ1n) is 10.2. The highest BCUT2D eigenvalue weighted by Crippen LogP contribution is 2.65. The van der Waals surface area contributed by atoms with Gasteiger partial charge in [0.05, 0.1) is 16.7 Å². The molecule has 1 amide bonds. The first-order valence-corrected chi connectivity index (χ1v) is 14.1. The molecule has 5 nitrogen and oxygen atoms in total. The molecular formula is C23H22Cl5NO4S. The molecule has 2 aromatic rings. The molecule has 2 aromatic carbocycles. The lowest BCUT2D eigenvalue weighted by atomic mass is 9.87. The number of carbonyl (C=O) groups is 2. The maximum absolute atomic E-state index is 13.0. The summed E-state index contributed by atoms with van der Waals surface area (Å²) in [7, 11) is -3.27. The van der Waals surface area contributed by atoms with Crippen LogP contribution in [0, 0.1) is 11.3 Å². The van der Waals surface area contributed by atoms with E-state index in [1.165, 1.54) is 12.1 Å². The van der Waals surface area contributed by atoms with Crippen molar-refractivity contribution >= 4 is 85.2 Å². The predicted octanol–water partition coefficient (Wildman–Crippen LogP) is 6.82. The highest BCUT2D eigenvalue weighted by molar-refractivity contribution is 7.90. The van der Waals surface area contributed by atoms with Crippen LogP contribution in [0.1, 0.15) is 42.1 Å². The van der Waals surface area contributed by atoms with E-state index >= 15 is 0 Å². The van der Waals surface area contributed by atoms with Crippen LogP contribution in [0.15, 0.2) is 36.4 Å². The number of Topliss-reactive ketones (excluding diaryl/α,β-unsaturated/α-hetero) is 1. The lowest BCUT2D eigenvalue weighted by molar-refractivity contribution is -0.117. The average Bonchev–Trinajstić information content (AvgIpc) is 3.22. The number of hydrogen-bond donors (Lipinski definition) is 1. The molecule has 2 atom stereocenters. The molecular weight excluding hydrogens is 564 g/mol. The smallest absolute Gasteiger partial charge is 0.231 e. The Balaban J connectivity index is 1.77. The van der Waals surface area contributed by atoms with Crippen LogP contribution in [0.2, 0.25) is 15.1 Å². The van der Waals surface area contributed by atoms with E-state index in [4.69, 9.17) is 58.0 Å². The first-order chi connectivity index (χ1) is 15.5. The summed E-state index contributed by atoms with van der Waals surface area (Å²) in [5.74, 6) is -2.21. The third kappa shape index (κ3) is 6.59. The fourth-order valence-electron chi connectivity index (χ4n) is 4.15. The Morgan fingerprint density at radius 2 is 1.62 bits per heavy atom. The molecule has 184 valence electrons. The molecule has 1 aliphatic rings. The van der Waals surface area contributed by atoms with Gasteiger partial charge in [-0.05, 0) is 47.4 Å². The SMILES string of the molecule is CC(C)(CC(=O)c1cc(NC(=O)C2C(c3cc(Cl)cc(Cl)c3)C2(Cl)Cl)ccc1Cl)CS(C)(=O)=O. The van der Waals surface area contributed by atoms with Crippen molar-refractivity contribution in [2.45, 2.75) is 30.5 Å². The normalized spacial score (nSPS) is 19.5. The standard InChI is InChI=1S/C23H22Cl5NO4S/c1-22(2,11-34(3,32)33)10-18(30)16-9-15(4-5-17(16)26)29-21(31)20-19(23(20,27)28)12-6-13(24)8-14(25)7-12/h4-9,19-20H,10-11H2,1-3H3,(H,29,31). The van der Waals surface area contributed by atoms with Gasteiger partial charge in [0.2, 0.25) is 5.91 Å². The number of carbonyl (C=O) groups excluding carboxylic acids is 2. The highest BCUT2D eigenvalue weighted by atomic mass is 35.5. The molecule has 1 saturated carbocycles. The van der Waals surface area contributed by atoms with Gasteiger partial charge in [0.15, 0.2) is 5.78 Å². The molecule has 0 radical (unpaired) electrons. The third-order valence-corrected chi connectivity index (χ3v) is 8.42. The van der Waals surface area contributed by atoms with Crippen molar-refractivity contribution in [3.63, 3.8) is 0 Å². The van der Waals surface area contributed by atoms with E-state index in [2.05, 4.69) is 5.32 Å². The van der Waals surface area contributed by atoms with Gasteiger partial charge < -0.3 is 5.32 Å². The monoisotopic (exact) mass is 583 g/mol. The van der Waals surface area contributed by atoms with Gasteiger partial charge in [0.25, 0.3) is 0 Å². The number of sulfone groups is 1. The summed E-state index contributed by atoms with van der Waals surface area (Å²) in [5, 5.41) is 3.73. The van der Waals surface area contributed by atoms with Crippen molar-refractivity contribution in [3.05, 3.63) is 62.6 Å². The number of anilines is 1. The number of nitrogens with one attached hydrogen (secondary N) is 1. The van der Waals surface area contributed by atoms with Gasteiger partial charge >= 0.3 is 0 Å². The Morgan fingerprint density at radius 1 is 1.03 bits per heavy atom. The number of benzene rings is 2. The van der Waals surface area contributed by atoms with Crippen molar-refractivity contribution in [1.82, 2.24) is 0 Å². The maximum Gasteiger partial charge on any atom is 0.231 e. The number of hydrogen-bond acceptors (Lipinski definition) is 4. The van der Waals surface area contributed by atoms with E-state index in [1.54, 1.807) is 38.1 Å². The summed E-state index contributed by atoms with van der Waals surface area (Å²) in [5.41, 5.74) is 0.363. The molecule has 1 aliphatic carbocycles. The second-order valence-corrected chi connectivity index (χ2v) is 14.2. The minimum Gasteiger partial charge on any atom is -0.326 e. The van der Waals surface area contributed by atoms with E-state index in [-0.39, 0.29) is 28.5 Å². The minimum absolute atomic E-state index is 0.0378. The Bertz CT molecular complexity index is 1240. The molecule has 0 bridgehead atoms. The van der Waals surface area contributed by atoms with Crippen LogP contribution >= 0.6 is 58.0 Å². The van der Waals surface area contributed by atoms with E-state index in [1.807, 2.05) is 0 Å². The van der Waals surface area contributed by atoms with Crippen LogP contribution in [-0.4, -0.2) is 36.5 Å². The molecule has 3 rings (SSSR count). The van der Waals surface area contributed by atoms with E-state index in [9.17, 15) is 18.0 Å². The molecule has 1 fully saturated rings. The number of alkyl halides is 2. The number of rotatable bonds is 8. The summed E-state index contributed by atoms with van der Waals surface area (Å²) in [6, 6.07) is 9.37. The van der Waals surface area contributed by atoms with Gasteiger partial charge in [-0.1, -0.05) is 48.7 Å². The minimum atomic E-state index is -3.27. The lowest BCUT2D eigenvalue weighted by Gasteiger charge is -2.22. The summed E-state index contributed by atoms with van der Waals surface area (Å²) >= 11 is 31.2. The van der Waals surface area contributed by atoms with Crippen LogP contribution in [-0.2, 0) is 14.6 Å². The molecule has 0 spiro atoms. The Labute approximate surface area is 224 Å². The second kappa shape index (κ2) is 9.79. The van der Waals surface area contributed by atoms with Crippen LogP contribution in [0.5, 0.6) is 0 Å². The molecule has 0 heterocycles. The van der Waals surface area contributed by atoms with Crippen molar-refractivity contribution in [2.24, 2.45) is 11.3 Å². The zero-order chi connectivity index (χ0) is 25.6. The van der Waals surface area contributed by atoms with E-state index in [0.29, 0.717) is 21.3 Å². The Morgan fingerprint density at radius 3 is 2.18 bits per heavy atom. The van der Waals surface area contributed by atoms with Crippen LogP contribution < -0.4 is 5.32 Å². The zero-order valence-electron chi connectivity index (χ0n) is 18.5. The second-order valence-electron chi connectivity index (χ2n) is 9.35. The zero-order valence-corrected chi connectivity index (χ0v) is 23.1. The molecule has 1 N–H and O–H groups in total. The summed E-state index contributed by atoms with van der Waals surface area (Å²) in [6.07, 6.45) is 1.09. The van der Waals surface area contributed by atoms with Gasteiger partial charge in [0, 0.05) is 39.9 Å². The molecule has 34 heavy (non-hydrogen) atoms. The third-order valence-electron chi connectivity index (χ3n) is 5.41. The number of ketones is 1. The topological polar surface area (TPSA) is 80.3 Å². The first kappa shape index (κ1) is 27.6. The largest absolute Gasteiger partial charge is 0.326 e. The van der Waals surface area contributed by atoms with Crippen LogP contribution in [0.3, 0.4) is 0 Å². The summed E-state index contributed by atoms with van der Waals surface area (Å²) in [6.45, 7) is 3.39. The van der Waals surface area contributed by atoms with Crippen LogP contribution in [0.25, 0.3) is 0 Å². The number of amides is 1. The molecule has 0 aliphatic heterocycles. The van der Waals surface area contributed by atoms with E-state index in [0.717, 1.165) is 6.26 Å². The summed E-state index contributed by atoms with van der Waals surface area (Å²) in [4.78, 5) is 25.9. The van der Waals surface area contributed by atoms with E-state index < -0.39 is 37.3 Å². The van der Waals surface area contributed by atoms with Gasteiger partial charge in [0.1, 0.15) is 14.2 Å². The maximum atomic E-state index is 13.0. The van der Waals surface area contributed by atoms with Gasteiger partial charge in [-0.3, -0.25) is 9.59 Å². The molecule has 0 saturated heterocycles. The predicted molar refractivity (Wildman–Crippen MR) is 140 cm³/mol. The Kier molecular flexibility index (Phi) is 7.94. The van der Waals surface area contributed by atoms with Crippen molar-refractivity contribution < 1.29 is 18.0 Å². The Hall–Kier alpha value is -1.02. The van der Waals surface area contributed by atoms with Crippen molar-refractivity contribution in [3.8, 4) is 0 Å². The van der Waals surface area contributed by atoms with Crippen LogP contribution in [0.4, 0.5) is 5.69 Å². The quantitative estimate of drug-likeness (QED) is 0.272. The molecule has 11 heteroatoms. The molecule has 2 unspecified atom stereocenters.